The molecule has 2 aromatic rings. The van der Waals surface area contributed by atoms with Crippen molar-refractivity contribution in [3.63, 3.8) is 0 Å². The Morgan fingerprint density at radius 2 is 2.30 bits per heavy atom. The number of fused-ring (bicyclic) bond motifs is 1. The van der Waals surface area contributed by atoms with Gasteiger partial charge in [0, 0.05) is 18.2 Å². The van der Waals surface area contributed by atoms with Gasteiger partial charge in [-0.25, -0.2) is 0 Å². The van der Waals surface area contributed by atoms with Crippen molar-refractivity contribution < 1.29 is 9.53 Å². The first-order valence-electron chi connectivity index (χ1n) is 6.72. The summed E-state index contributed by atoms with van der Waals surface area (Å²) in [6.07, 6.45) is 2.23. The summed E-state index contributed by atoms with van der Waals surface area (Å²) < 4.78 is 5.48. The molecule has 0 spiro atoms. The number of rotatable bonds is 2. The van der Waals surface area contributed by atoms with Gasteiger partial charge in [-0.2, -0.15) is 0 Å². The molecular formula is C15H17N3O2. The number of nitrogens with zero attached hydrogens (tertiary/aromatic N) is 1. The number of hydrogen-bond donors (Lipinski definition) is 2. The van der Waals surface area contributed by atoms with E-state index in [1.165, 1.54) is 0 Å². The molecule has 1 amide bonds. The molecule has 3 rings (SSSR count). The third-order valence-corrected chi connectivity index (χ3v) is 3.70. The summed E-state index contributed by atoms with van der Waals surface area (Å²) in [5, 5.41) is 3.76. The number of amides is 1. The number of carbonyl (C=O) groups is 1. The highest BCUT2D eigenvalue weighted by molar-refractivity contribution is 6.05. The maximum Gasteiger partial charge on any atom is 0.253 e. The maximum absolute atomic E-state index is 12.3. The van der Waals surface area contributed by atoms with Gasteiger partial charge in [0.15, 0.2) is 0 Å². The average Bonchev–Trinajstić information content (AvgIpc) is 2.88. The SMILES string of the molecule is CC1CCOC1C(=O)Nc1ccc(N)c2ncccc12. The van der Waals surface area contributed by atoms with Gasteiger partial charge in [-0.3, -0.25) is 9.78 Å². The second-order valence-corrected chi connectivity index (χ2v) is 5.15. The Hall–Kier alpha value is -2.14. The number of hydrogen-bond acceptors (Lipinski definition) is 4. The molecular weight excluding hydrogens is 254 g/mol. The number of nitrogens with two attached hydrogens (primary N) is 1. The Labute approximate surface area is 117 Å². The van der Waals surface area contributed by atoms with E-state index >= 15 is 0 Å². The molecule has 2 unspecified atom stereocenters. The quantitative estimate of drug-likeness (QED) is 0.821. The summed E-state index contributed by atoms with van der Waals surface area (Å²) in [5.41, 5.74) is 7.92. The molecule has 5 heteroatoms. The highest BCUT2D eigenvalue weighted by Crippen LogP contribution is 2.28. The maximum atomic E-state index is 12.3. The summed E-state index contributed by atoms with van der Waals surface area (Å²) >= 11 is 0. The molecule has 0 aliphatic carbocycles. The summed E-state index contributed by atoms with van der Waals surface area (Å²) in [6.45, 7) is 2.67. The van der Waals surface area contributed by atoms with E-state index < -0.39 is 0 Å². The third-order valence-electron chi connectivity index (χ3n) is 3.70. The minimum absolute atomic E-state index is 0.107. The fraction of sp³-hybridized carbons (Fsp3) is 0.333. The van der Waals surface area contributed by atoms with E-state index in [-0.39, 0.29) is 17.9 Å². The van der Waals surface area contributed by atoms with E-state index in [4.69, 9.17) is 10.5 Å². The van der Waals surface area contributed by atoms with Crippen molar-refractivity contribution in [2.24, 2.45) is 5.92 Å². The van der Waals surface area contributed by atoms with Crippen LogP contribution in [-0.4, -0.2) is 23.6 Å². The normalized spacial score (nSPS) is 22.1. The summed E-state index contributed by atoms with van der Waals surface area (Å²) in [6, 6.07) is 7.28. The van der Waals surface area contributed by atoms with E-state index in [2.05, 4.69) is 10.3 Å². The fourth-order valence-corrected chi connectivity index (χ4v) is 2.54. The van der Waals surface area contributed by atoms with E-state index in [0.717, 1.165) is 17.5 Å². The van der Waals surface area contributed by atoms with Gasteiger partial charge in [0.1, 0.15) is 6.10 Å². The second kappa shape index (κ2) is 5.09. The van der Waals surface area contributed by atoms with Gasteiger partial charge < -0.3 is 15.8 Å². The van der Waals surface area contributed by atoms with Crippen molar-refractivity contribution in [3.05, 3.63) is 30.5 Å². The van der Waals surface area contributed by atoms with E-state index in [0.29, 0.717) is 17.8 Å². The zero-order chi connectivity index (χ0) is 14.1. The van der Waals surface area contributed by atoms with Crippen LogP contribution in [0.15, 0.2) is 30.5 Å². The third kappa shape index (κ3) is 2.20. The molecule has 0 radical (unpaired) electrons. The number of aromatic nitrogens is 1. The van der Waals surface area contributed by atoms with E-state index in [1.807, 2.05) is 19.1 Å². The summed E-state index contributed by atoms with van der Waals surface area (Å²) in [5.74, 6) is 0.137. The Morgan fingerprint density at radius 3 is 3.05 bits per heavy atom. The number of carbonyl (C=O) groups excluding carboxylic acids is 1. The second-order valence-electron chi connectivity index (χ2n) is 5.15. The molecule has 1 aromatic heterocycles. The van der Waals surface area contributed by atoms with Crippen LogP contribution in [0.4, 0.5) is 11.4 Å². The van der Waals surface area contributed by atoms with Gasteiger partial charge in [0.2, 0.25) is 0 Å². The minimum atomic E-state index is -0.376. The molecule has 2 atom stereocenters. The molecule has 0 saturated carbocycles. The van der Waals surface area contributed by atoms with Gasteiger partial charge in [0.25, 0.3) is 5.91 Å². The van der Waals surface area contributed by atoms with Gasteiger partial charge in [-0.15, -0.1) is 0 Å². The number of ether oxygens (including phenoxy) is 1. The van der Waals surface area contributed by atoms with Crippen molar-refractivity contribution in [3.8, 4) is 0 Å². The molecule has 104 valence electrons. The van der Waals surface area contributed by atoms with Crippen molar-refractivity contribution in [1.82, 2.24) is 4.98 Å². The highest BCUT2D eigenvalue weighted by atomic mass is 16.5. The molecule has 5 nitrogen and oxygen atoms in total. The Morgan fingerprint density at radius 1 is 1.45 bits per heavy atom. The van der Waals surface area contributed by atoms with Crippen LogP contribution in [0.2, 0.25) is 0 Å². The number of pyridine rings is 1. The first kappa shape index (κ1) is 12.9. The highest BCUT2D eigenvalue weighted by Gasteiger charge is 2.31. The molecule has 20 heavy (non-hydrogen) atoms. The zero-order valence-corrected chi connectivity index (χ0v) is 11.3. The number of benzene rings is 1. The lowest BCUT2D eigenvalue weighted by atomic mass is 10.0. The lowest BCUT2D eigenvalue weighted by Crippen LogP contribution is -2.31. The predicted octanol–water partition coefficient (Wildman–Crippen LogP) is 2.18. The van der Waals surface area contributed by atoms with Crippen molar-refractivity contribution in [2.75, 3.05) is 17.7 Å². The van der Waals surface area contributed by atoms with Crippen LogP contribution in [0, 0.1) is 5.92 Å². The Bertz CT molecular complexity index is 657. The average molecular weight is 271 g/mol. The summed E-state index contributed by atoms with van der Waals surface area (Å²) in [7, 11) is 0. The first-order chi connectivity index (χ1) is 9.66. The van der Waals surface area contributed by atoms with Gasteiger partial charge in [0.05, 0.1) is 16.9 Å². The molecule has 1 saturated heterocycles. The minimum Gasteiger partial charge on any atom is -0.397 e. The lowest BCUT2D eigenvalue weighted by Gasteiger charge is -2.16. The molecule has 1 aromatic carbocycles. The van der Waals surface area contributed by atoms with Gasteiger partial charge in [-0.1, -0.05) is 6.92 Å². The Kier molecular flexibility index (Phi) is 3.28. The predicted molar refractivity (Wildman–Crippen MR) is 78.3 cm³/mol. The number of anilines is 2. The van der Waals surface area contributed by atoms with Gasteiger partial charge >= 0.3 is 0 Å². The van der Waals surface area contributed by atoms with Crippen LogP contribution >= 0.6 is 0 Å². The van der Waals surface area contributed by atoms with E-state index in [9.17, 15) is 4.79 Å². The monoisotopic (exact) mass is 271 g/mol. The fourth-order valence-electron chi connectivity index (χ4n) is 2.54. The molecule has 1 aliphatic rings. The largest absolute Gasteiger partial charge is 0.397 e. The molecule has 2 heterocycles. The van der Waals surface area contributed by atoms with Crippen LogP contribution in [0.5, 0.6) is 0 Å². The van der Waals surface area contributed by atoms with Crippen LogP contribution < -0.4 is 11.1 Å². The van der Waals surface area contributed by atoms with Gasteiger partial charge in [-0.05, 0) is 36.6 Å². The van der Waals surface area contributed by atoms with Crippen LogP contribution in [0.1, 0.15) is 13.3 Å². The van der Waals surface area contributed by atoms with Crippen LogP contribution in [-0.2, 0) is 9.53 Å². The molecule has 1 aliphatic heterocycles. The summed E-state index contributed by atoms with van der Waals surface area (Å²) in [4.78, 5) is 16.5. The molecule has 1 fully saturated rings. The standard InChI is InChI=1S/C15H17N3O2/c1-9-6-8-20-14(9)15(19)18-12-5-4-11(16)13-10(12)3-2-7-17-13/h2-5,7,9,14H,6,8,16H2,1H3,(H,18,19). The zero-order valence-electron chi connectivity index (χ0n) is 11.3. The molecule has 0 bridgehead atoms. The lowest BCUT2D eigenvalue weighted by molar-refractivity contribution is -0.126. The van der Waals surface area contributed by atoms with Crippen molar-refractivity contribution in [2.45, 2.75) is 19.4 Å². The van der Waals surface area contributed by atoms with Crippen molar-refractivity contribution >= 4 is 28.2 Å². The number of nitrogen functional groups attached to an aromatic ring is 1. The number of nitrogens with one attached hydrogen (secondary N) is 1. The first-order valence-corrected chi connectivity index (χ1v) is 6.72. The topological polar surface area (TPSA) is 77.2 Å². The van der Waals surface area contributed by atoms with Crippen LogP contribution in [0.25, 0.3) is 10.9 Å². The Balaban J connectivity index is 1.91. The smallest absolute Gasteiger partial charge is 0.253 e. The van der Waals surface area contributed by atoms with Crippen molar-refractivity contribution in [1.29, 1.82) is 0 Å². The van der Waals surface area contributed by atoms with E-state index in [1.54, 1.807) is 18.3 Å². The van der Waals surface area contributed by atoms with Crippen LogP contribution in [0.3, 0.4) is 0 Å². The molecule has 3 N–H and O–H groups in total.